The Morgan fingerprint density at radius 3 is 2.53 bits per heavy atom. The molecule has 0 spiro atoms. The third-order valence-corrected chi connectivity index (χ3v) is 3.51. The Labute approximate surface area is 116 Å². The van der Waals surface area contributed by atoms with E-state index in [0.29, 0.717) is 6.04 Å². The molecule has 1 heterocycles. The van der Waals surface area contributed by atoms with Crippen LogP contribution in [0.15, 0.2) is 6.07 Å². The Morgan fingerprint density at radius 1 is 1.11 bits per heavy atom. The fourth-order valence-electron chi connectivity index (χ4n) is 2.53. The average Bonchev–Trinajstić information content (AvgIpc) is 2.89. The molecule has 4 heteroatoms. The molecular weight excluding hydrogens is 236 g/mol. The van der Waals surface area contributed by atoms with Crippen LogP contribution in [0.5, 0.6) is 0 Å². The molecule has 1 aliphatic carbocycles. The van der Waals surface area contributed by atoms with E-state index >= 15 is 0 Å². The van der Waals surface area contributed by atoms with E-state index in [4.69, 9.17) is 0 Å². The third kappa shape index (κ3) is 4.37. The molecule has 0 aliphatic heterocycles. The van der Waals surface area contributed by atoms with Crippen LogP contribution in [0.1, 0.15) is 58.2 Å². The maximum absolute atomic E-state index is 4.63. The molecule has 1 aliphatic rings. The molecule has 106 valence electrons. The molecule has 0 aromatic carbocycles. The van der Waals surface area contributed by atoms with Gasteiger partial charge in [0.15, 0.2) is 0 Å². The number of nitrogens with one attached hydrogen (secondary N) is 2. The van der Waals surface area contributed by atoms with Gasteiger partial charge in [-0.1, -0.05) is 26.7 Å². The van der Waals surface area contributed by atoms with Gasteiger partial charge in [-0.2, -0.15) is 0 Å². The summed E-state index contributed by atoms with van der Waals surface area (Å²) in [7, 11) is 0. The molecule has 2 rings (SSSR count). The second-order valence-electron chi connectivity index (χ2n) is 5.36. The number of hydrogen-bond donors (Lipinski definition) is 2. The minimum Gasteiger partial charge on any atom is -0.370 e. The Balaban J connectivity index is 2.07. The molecule has 1 saturated carbocycles. The second kappa shape index (κ2) is 7.31. The van der Waals surface area contributed by atoms with Gasteiger partial charge in [0.1, 0.15) is 17.5 Å². The highest BCUT2D eigenvalue weighted by Crippen LogP contribution is 2.22. The van der Waals surface area contributed by atoms with E-state index in [1.807, 2.05) is 6.07 Å². The summed E-state index contributed by atoms with van der Waals surface area (Å²) in [6, 6.07) is 2.65. The molecule has 2 N–H and O–H groups in total. The lowest BCUT2D eigenvalue weighted by Gasteiger charge is -2.15. The quantitative estimate of drug-likeness (QED) is 0.788. The molecule has 0 amide bonds. The predicted octanol–water partition coefficient (Wildman–Crippen LogP) is 3.61. The molecule has 0 saturated heterocycles. The van der Waals surface area contributed by atoms with Gasteiger partial charge < -0.3 is 10.6 Å². The zero-order valence-electron chi connectivity index (χ0n) is 12.2. The van der Waals surface area contributed by atoms with Crippen molar-refractivity contribution in [3.8, 4) is 0 Å². The SMILES string of the molecule is CCCNc1cc(NC2CCCC2)nc(CCC)n1. The molecule has 1 aromatic heterocycles. The Hall–Kier alpha value is -1.32. The van der Waals surface area contributed by atoms with Crippen LogP contribution in [-0.2, 0) is 6.42 Å². The van der Waals surface area contributed by atoms with Crippen LogP contribution < -0.4 is 10.6 Å². The average molecular weight is 262 g/mol. The van der Waals surface area contributed by atoms with Crippen molar-refractivity contribution < 1.29 is 0 Å². The van der Waals surface area contributed by atoms with Crippen molar-refractivity contribution in [2.24, 2.45) is 0 Å². The third-order valence-electron chi connectivity index (χ3n) is 3.51. The fourth-order valence-corrected chi connectivity index (χ4v) is 2.53. The van der Waals surface area contributed by atoms with Crippen LogP contribution in [0.4, 0.5) is 11.6 Å². The first-order valence-electron chi connectivity index (χ1n) is 7.70. The maximum atomic E-state index is 4.63. The highest BCUT2D eigenvalue weighted by atomic mass is 15.1. The Morgan fingerprint density at radius 2 is 1.84 bits per heavy atom. The van der Waals surface area contributed by atoms with Gasteiger partial charge in [0.2, 0.25) is 0 Å². The number of hydrogen-bond acceptors (Lipinski definition) is 4. The zero-order chi connectivity index (χ0) is 13.5. The smallest absolute Gasteiger partial charge is 0.133 e. The first-order valence-corrected chi connectivity index (χ1v) is 7.70. The summed E-state index contributed by atoms with van der Waals surface area (Å²) in [5, 5.41) is 6.93. The topological polar surface area (TPSA) is 49.8 Å². The Bertz CT molecular complexity index is 386. The van der Waals surface area contributed by atoms with Gasteiger partial charge in [-0.3, -0.25) is 0 Å². The second-order valence-corrected chi connectivity index (χ2v) is 5.36. The van der Waals surface area contributed by atoms with Crippen LogP contribution in [-0.4, -0.2) is 22.6 Å². The van der Waals surface area contributed by atoms with Crippen molar-refractivity contribution in [1.29, 1.82) is 0 Å². The molecule has 0 radical (unpaired) electrons. The minimum atomic E-state index is 0.600. The summed E-state index contributed by atoms with van der Waals surface area (Å²) in [5.74, 6) is 2.90. The van der Waals surface area contributed by atoms with Crippen molar-refractivity contribution in [1.82, 2.24) is 9.97 Å². The molecular formula is C15H26N4. The first-order chi connectivity index (χ1) is 9.31. The molecule has 1 aromatic rings. The first kappa shape index (κ1) is 14.1. The van der Waals surface area contributed by atoms with E-state index in [9.17, 15) is 0 Å². The maximum Gasteiger partial charge on any atom is 0.133 e. The summed E-state index contributed by atoms with van der Waals surface area (Å²) in [4.78, 5) is 9.21. The normalized spacial score (nSPS) is 15.7. The molecule has 0 atom stereocenters. The van der Waals surface area contributed by atoms with Gasteiger partial charge in [-0.15, -0.1) is 0 Å². The fraction of sp³-hybridized carbons (Fsp3) is 0.733. The van der Waals surface area contributed by atoms with Gasteiger partial charge in [-0.05, 0) is 25.7 Å². The highest BCUT2D eigenvalue weighted by Gasteiger charge is 2.15. The van der Waals surface area contributed by atoms with E-state index in [-0.39, 0.29) is 0 Å². The molecule has 0 bridgehead atoms. The van der Waals surface area contributed by atoms with Crippen LogP contribution in [0.25, 0.3) is 0 Å². The van der Waals surface area contributed by atoms with E-state index in [1.165, 1.54) is 25.7 Å². The molecule has 0 unspecified atom stereocenters. The summed E-state index contributed by atoms with van der Waals surface area (Å²) >= 11 is 0. The number of rotatable bonds is 7. The summed E-state index contributed by atoms with van der Waals surface area (Å²) in [6.07, 6.45) is 8.35. The summed E-state index contributed by atoms with van der Waals surface area (Å²) < 4.78 is 0. The van der Waals surface area contributed by atoms with Gasteiger partial charge in [0.05, 0.1) is 0 Å². The van der Waals surface area contributed by atoms with E-state index in [2.05, 4.69) is 34.4 Å². The lowest BCUT2D eigenvalue weighted by molar-refractivity contribution is 0.744. The number of aromatic nitrogens is 2. The van der Waals surface area contributed by atoms with Crippen LogP contribution in [0.2, 0.25) is 0 Å². The van der Waals surface area contributed by atoms with Crippen LogP contribution >= 0.6 is 0 Å². The van der Waals surface area contributed by atoms with Crippen molar-refractivity contribution >= 4 is 11.6 Å². The molecule has 4 nitrogen and oxygen atoms in total. The van der Waals surface area contributed by atoms with Crippen LogP contribution in [0, 0.1) is 0 Å². The number of anilines is 2. The van der Waals surface area contributed by atoms with Crippen molar-refractivity contribution in [2.45, 2.75) is 64.8 Å². The standard InChI is InChI=1S/C15H26N4/c1-3-7-13-18-14(16-10-4-2)11-15(19-13)17-12-8-5-6-9-12/h11-12H,3-10H2,1-2H3,(H2,16,17,18,19). The van der Waals surface area contributed by atoms with Crippen molar-refractivity contribution in [2.75, 3.05) is 17.2 Å². The van der Waals surface area contributed by atoms with Gasteiger partial charge in [0, 0.05) is 25.1 Å². The van der Waals surface area contributed by atoms with Gasteiger partial charge in [0.25, 0.3) is 0 Å². The highest BCUT2D eigenvalue weighted by molar-refractivity contribution is 5.48. The molecule has 1 fully saturated rings. The summed E-state index contributed by atoms with van der Waals surface area (Å²) in [6.45, 7) is 5.30. The number of aryl methyl sites for hydroxylation is 1. The monoisotopic (exact) mass is 262 g/mol. The van der Waals surface area contributed by atoms with Gasteiger partial charge in [-0.25, -0.2) is 9.97 Å². The lowest BCUT2D eigenvalue weighted by Crippen LogP contribution is -2.17. The van der Waals surface area contributed by atoms with Gasteiger partial charge >= 0.3 is 0 Å². The van der Waals surface area contributed by atoms with E-state index in [1.54, 1.807) is 0 Å². The van der Waals surface area contributed by atoms with Crippen molar-refractivity contribution in [3.63, 3.8) is 0 Å². The Kier molecular flexibility index (Phi) is 5.43. The minimum absolute atomic E-state index is 0.600. The zero-order valence-corrected chi connectivity index (χ0v) is 12.2. The largest absolute Gasteiger partial charge is 0.370 e. The number of nitrogens with zero attached hydrogens (tertiary/aromatic N) is 2. The lowest BCUT2D eigenvalue weighted by atomic mass is 10.2. The van der Waals surface area contributed by atoms with Crippen LogP contribution in [0.3, 0.4) is 0 Å². The van der Waals surface area contributed by atoms with E-state index < -0.39 is 0 Å². The van der Waals surface area contributed by atoms with E-state index in [0.717, 1.165) is 43.3 Å². The predicted molar refractivity (Wildman–Crippen MR) is 80.7 cm³/mol. The van der Waals surface area contributed by atoms with Crippen molar-refractivity contribution in [3.05, 3.63) is 11.9 Å². The molecule has 19 heavy (non-hydrogen) atoms. The summed E-state index contributed by atoms with van der Waals surface area (Å²) in [5.41, 5.74) is 0.